The average Bonchev–Trinajstić information content (AvgIpc) is 2.62. The van der Waals surface area contributed by atoms with E-state index < -0.39 is 5.82 Å². The van der Waals surface area contributed by atoms with Crippen LogP contribution < -0.4 is 16.5 Å². The topological polar surface area (TPSA) is 68.0 Å². The molecule has 126 valence electrons. The number of nitrogens with two attached hydrogens (primary N) is 1. The predicted octanol–water partition coefficient (Wildman–Crippen LogP) is 3.86. The van der Waals surface area contributed by atoms with Crippen LogP contribution in [0.2, 0.25) is 0 Å². The Balaban J connectivity index is 2.12. The number of halogens is 1. The van der Waals surface area contributed by atoms with Crippen molar-refractivity contribution in [1.29, 1.82) is 0 Å². The zero-order chi connectivity index (χ0) is 17.4. The SMILES string of the molecule is NCCCNc1nc2ccccc2c2c(=O)c3cc(F)ccc3sc12. The van der Waals surface area contributed by atoms with E-state index in [1.807, 2.05) is 24.3 Å². The average molecular weight is 353 g/mol. The Morgan fingerprint density at radius 3 is 2.84 bits per heavy atom. The van der Waals surface area contributed by atoms with Crippen LogP contribution in [0.15, 0.2) is 47.3 Å². The number of nitrogens with one attached hydrogen (secondary N) is 1. The van der Waals surface area contributed by atoms with E-state index in [4.69, 9.17) is 5.73 Å². The Morgan fingerprint density at radius 2 is 2.00 bits per heavy atom. The summed E-state index contributed by atoms with van der Waals surface area (Å²) in [6.07, 6.45) is 0.809. The minimum Gasteiger partial charge on any atom is -0.369 e. The third-order valence-electron chi connectivity index (χ3n) is 4.15. The first-order valence-corrected chi connectivity index (χ1v) is 8.89. The van der Waals surface area contributed by atoms with E-state index in [-0.39, 0.29) is 5.43 Å². The second kappa shape index (κ2) is 6.38. The smallest absolute Gasteiger partial charge is 0.196 e. The summed E-state index contributed by atoms with van der Waals surface area (Å²) in [4.78, 5) is 17.8. The molecule has 0 bridgehead atoms. The number of hydrogen-bond acceptors (Lipinski definition) is 5. The van der Waals surface area contributed by atoms with Crippen molar-refractivity contribution in [3.8, 4) is 0 Å². The highest BCUT2D eigenvalue weighted by Gasteiger charge is 2.15. The van der Waals surface area contributed by atoms with Crippen molar-refractivity contribution >= 4 is 48.2 Å². The molecule has 0 saturated heterocycles. The third-order valence-corrected chi connectivity index (χ3v) is 5.32. The lowest BCUT2D eigenvalue weighted by Gasteiger charge is -2.11. The normalized spacial score (nSPS) is 11.4. The summed E-state index contributed by atoms with van der Waals surface area (Å²) in [6, 6.07) is 11.9. The number of para-hydroxylation sites is 1. The van der Waals surface area contributed by atoms with E-state index in [0.717, 1.165) is 26.7 Å². The van der Waals surface area contributed by atoms with Gasteiger partial charge in [-0.2, -0.15) is 0 Å². The standard InChI is InChI=1S/C19H16FN3OS/c20-11-6-7-15-13(10-11)17(24)16-12-4-1-2-5-14(12)23-19(18(16)25-15)22-9-3-8-21/h1-2,4-7,10H,3,8-9,21H2,(H,22,23). The van der Waals surface area contributed by atoms with E-state index in [1.54, 1.807) is 6.07 Å². The van der Waals surface area contributed by atoms with Crippen molar-refractivity contribution in [2.24, 2.45) is 5.73 Å². The Morgan fingerprint density at radius 1 is 1.16 bits per heavy atom. The van der Waals surface area contributed by atoms with Gasteiger partial charge in [-0.3, -0.25) is 4.79 Å². The van der Waals surface area contributed by atoms with E-state index in [0.29, 0.717) is 29.7 Å². The second-order valence-electron chi connectivity index (χ2n) is 5.82. The molecular weight excluding hydrogens is 337 g/mol. The molecule has 0 radical (unpaired) electrons. The lowest BCUT2D eigenvalue weighted by Crippen LogP contribution is -2.11. The first-order valence-electron chi connectivity index (χ1n) is 8.08. The zero-order valence-electron chi connectivity index (χ0n) is 13.4. The van der Waals surface area contributed by atoms with Gasteiger partial charge in [0.05, 0.1) is 15.6 Å². The van der Waals surface area contributed by atoms with Crippen molar-refractivity contribution in [2.75, 3.05) is 18.4 Å². The van der Waals surface area contributed by atoms with Gasteiger partial charge < -0.3 is 11.1 Å². The Hall–Kier alpha value is -2.57. The molecule has 0 unspecified atom stereocenters. The number of hydrogen-bond donors (Lipinski definition) is 2. The van der Waals surface area contributed by atoms with Gasteiger partial charge in [0, 0.05) is 22.0 Å². The number of rotatable bonds is 4. The van der Waals surface area contributed by atoms with Gasteiger partial charge in [0.1, 0.15) is 11.6 Å². The fourth-order valence-electron chi connectivity index (χ4n) is 2.96. The number of pyridine rings is 1. The monoisotopic (exact) mass is 353 g/mol. The predicted molar refractivity (Wildman–Crippen MR) is 103 cm³/mol. The summed E-state index contributed by atoms with van der Waals surface area (Å²) in [6.45, 7) is 1.26. The van der Waals surface area contributed by atoms with Crippen LogP contribution in [0.1, 0.15) is 6.42 Å². The fourth-order valence-corrected chi connectivity index (χ4v) is 4.10. The number of benzene rings is 2. The highest BCUT2D eigenvalue weighted by atomic mass is 32.1. The molecule has 0 amide bonds. The van der Waals surface area contributed by atoms with E-state index in [9.17, 15) is 9.18 Å². The number of anilines is 1. The minimum absolute atomic E-state index is 0.163. The summed E-state index contributed by atoms with van der Waals surface area (Å²) < 4.78 is 15.2. The van der Waals surface area contributed by atoms with Gasteiger partial charge in [-0.05, 0) is 37.2 Å². The molecular formula is C19H16FN3OS. The van der Waals surface area contributed by atoms with Gasteiger partial charge in [-0.15, -0.1) is 11.3 Å². The van der Waals surface area contributed by atoms with E-state index in [1.165, 1.54) is 23.5 Å². The van der Waals surface area contributed by atoms with Crippen molar-refractivity contribution in [3.05, 3.63) is 58.5 Å². The van der Waals surface area contributed by atoms with Crippen LogP contribution >= 0.6 is 11.3 Å². The molecule has 0 spiro atoms. The molecule has 4 aromatic rings. The van der Waals surface area contributed by atoms with Gasteiger partial charge in [0.15, 0.2) is 5.43 Å². The van der Waals surface area contributed by atoms with Gasteiger partial charge in [0.2, 0.25) is 0 Å². The van der Waals surface area contributed by atoms with Crippen LogP contribution in [0.25, 0.3) is 31.1 Å². The maximum absolute atomic E-state index is 13.6. The molecule has 6 heteroatoms. The first kappa shape index (κ1) is 15.9. The minimum atomic E-state index is -0.407. The summed E-state index contributed by atoms with van der Waals surface area (Å²) in [5.41, 5.74) is 6.14. The Bertz CT molecular complexity index is 1160. The van der Waals surface area contributed by atoms with E-state index >= 15 is 0 Å². The maximum atomic E-state index is 13.6. The molecule has 4 nitrogen and oxygen atoms in total. The van der Waals surface area contributed by atoms with Crippen LogP contribution in [0.4, 0.5) is 10.2 Å². The van der Waals surface area contributed by atoms with Gasteiger partial charge in [0.25, 0.3) is 0 Å². The lowest BCUT2D eigenvalue weighted by molar-refractivity contribution is 0.630. The zero-order valence-corrected chi connectivity index (χ0v) is 14.2. The number of nitrogens with zero attached hydrogens (tertiary/aromatic N) is 1. The van der Waals surface area contributed by atoms with Gasteiger partial charge in [-0.25, -0.2) is 9.37 Å². The second-order valence-corrected chi connectivity index (χ2v) is 6.87. The molecule has 2 heterocycles. The lowest BCUT2D eigenvalue weighted by atomic mass is 10.1. The van der Waals surface area contributed by atoms with Gasteiger partial charge in [-0.1, -0.05) is 18.2 Å². The summed E-state index contributed by atoms with van der Waals surface area (Å²) in [5.74, 6) is 0.270. The highest BCUT2D eigenvalue weighted by Crippen LogP contribution is 2.33. The van der Waals surface area contributed by atoms with Crippen LogP contribution in [0.3, 0.4) is 0 Å². The highest BCUT2D eigenvalue weighted by molar-refractivity contribution is 7.25. The number of aromatic nitrogens is 1. The quantitative estimate of drug-likeness (QED) is 0.332. The molecule has 0 saturated carbocycles. The van der Waals surface area contributed by atoms with Gasteiger partial charge >= 0.3 is 0 Å². The largest absolute Gasteiger partial charge is 0.369 e. The maximum Gasteiger partial charge on any atom is 0.196 e. The van der Waals surface area contributed by atoms with Crippen molar-refractivity contribution in [2.45, 2.75) is 6.42 Å². The van der Waals surface area contributed by atoms with Crippen LogP contribution in [0, 0.1) is 5.82 Å². The molecule has 0 atom stereocenters. The van der Waals surface area contributed by atoms with Crippen molar-refractivity contribution in [3.63, 3.8) is 0 Å². The van der Waals surface area contributed by atoms with E-state index in [2.05, 4.69) is 10.3 Å². The number of fused-ring (bicyclic) bond motifs is 4. The molecule has 0 aliphatic carbocycles. The molecule has 4 rings (SSSR count). The van der Waals surface area contributed by atoms with Crippen LogP contribution in [-0.4, -0.2) is 18.1 Å². The molecule has 0 aliphatic heterocycles. The Labute approximate surface area is 147 Å². The first-order chi connectivity index (χ1) is 12.2. The summed E-state index contributed by atoms with van der Waals surface area (Å²) in [7, 11) is 0. The molecule has 3 N–H and O–H groups in total. The fraction of sp³-hybridized carbons (Fsp3) is 0.158. The Kier molecular flexibility index (Phi) is 4.07. The molecule has 2 aromatic heterocycles. The summed E-state index contributed by atoms with van der Waals surface area (Å²) >= 11 is 1.45. The van der Waals surface area contributed by atoms with Crippen LogP contribution in [0.5, 0.6) is 0 Å². The van der Waals surface area contributed by atoms with Crippen molar-refractivity contribution < 1.29 is 4.39 Å². The molecule has 0 fully saturated rings. The van der Waals surface area contributed by atoms with Crippen LogP contribution in [-0.2, 0) is 0 Å². The molecule has 2 aromatic carbocycles. The molecule has 25 heavy (non-hydrogen) atoms. The van der Waals surface area contributed by atoms with Crippen molar-refractivity contribution in [1.82, 2.24) is 4.98 Å². The third kappa shape index (κ3) is 2.73. The molecule has 0 aliphatic rings. The summed E-state index contributed by atoms with van der Waals surface area (Å²) in [5, 5.41) is 5.07.